The highest BCUT2D eigenvalue weighted by Crippen LogP contribution is 2.30. The Morgan fingerprint density at radius 1 is 1.04 bits per heavy atom. The Balaban J connectivity index is 1.41. The number of carbonyl (C=O) groups excluding carboxylic acids is 2. The molecule has 1 aromatic heterocycles. The number of hydrogen-bond acceptors (Lipinski definition) is 5. The lowest BCUT2D eigenvalue weighted by Crippen LogP contribution is -2.51. The highest BCUT2D eigenvalue weighted by molar-refractivity contribution is 5.81. The van der Waals surface area contributed by atoms with Crippen molar-refractivity contribution < 1.29 is 9.59 Å². The maximum atomic E-state index is 12.9. The van der Waals surface area contributed by atoms with E-state index in [0.29, 0.717) is 13.1 Å². The zero-order valence-electron chi connectivity index (χ0n) is 16.3. The fourth-order valence-corrected chi connectivity index (χ4v) is 3.97. The van der Waals surface area contributed by atoms with Gasteiger partial charge >= 0.3 is 0 Å². The number of nitrogens with one attached hydrogen (secondary N) is 1. The van der Waals surface area contributed by atoms with Crippen molar-refractivity contribution in [3.8, 4) is 0 Å². The largest absolute Gasteiger partial charge is 0.356 e. The normalized spacial score (nSPS) is 23.1. The average Bonchev–Trinajstić information content (AvgIpc) is 2.74. The predicted octanol–water partition coefficient (Wildman–Crippen LogP) is 1.85. The molecule has 148 valence electrons. The first-order chi connectivity index (χ1) is 13.2. The van der Waals surface area contributed by atoms with Gasteiger partial charge in [0.25, 0.3) is 0 Å². The number of piperazine rings is 1. The standard InChI is InChI=1S/C20H31N5O2/c1-2-3-9-21-18(26)16-5-7-17(8-6-16)19(27)24-12-14-25(15-13-24)20-22-10-4-11-23-20/h4,10-11,16-17H,2-3,5-9,12-15H2,1H3,(H,21,26). The molecule has 0 bridgehead atoms. The van der Waals surface area contributed by atoms with E-state index in [1.807, 2.05) is 11.0 Å². The van der Waals surface area contributed by atoms with Crippen molar-refractivity contribution in [1.29, 1.82) is 0 Å². The molecule has 2 amide bonds. The minimum absolute atomic E-state index is 0.0733. The monoisotopic (exact) mass is 373 g/mol. The Morgan fingerprint density at radius 3 is 2.30 bits per heavy atom. The molecule has 7 heteroatoms. The second-order valence-corrected chi connectivity index (χ2v) is 7.55. The van der Waals surface area contributed by atoms with Gasteiger partial charge in [-0.15, -0.1) is 0 Å². The van der Waals surface area contributed by atoms with Gasteiger partial charge in [-0.05, 0) is 38.2 Å². The Kier molecular flexibility index (Phi) is 7.01. The van der Waals surface area contributed by atoms with E-state index in [4.69, 9.17) is 0 Å². The Bertz CT molecular complexity index is 608. The fourth-order valence-electron chi connectivity index (χ4n) is 3.97. The number of aromatic nitrogens is 2. The maximum absolute atomic E-state index is 12.9. The lowest BCUT2D eigenvalue weighted by molar-refractivity contribution is -0.138. The van der Waals surface area contributed by atoms with Gasteiger partial charge in [0.05, 0.1) is 0 Å². The number of rotatable bonds is 6. The summed E-state index contributed by atoms with van der Waals surface area (Å²) in [6.45, 7) is 5.86. The zero-order chi connectivity index (χ0) is 19.1. The van der Waals surface area contributed by atoms with Crippen LogP contribution in [0.1, 0.15) is 45.4 Å². The summed E-state index contributed by atoms with van der Waals surface area (Å²) in [5.74, 6) is 1.32. The van der Waals surface area contributed by atoms with Crippen molar-refractivity contribution in [2.75, 3.05) is 37.6 Å². The number of carbonyl (C=O) groups is 2. The fraction of sp³-hybridized carbons (Fsp3) is 0.700. The molecule has 0 atom stereocenters. The summed E-state index contributed by atoms with van der Waals surface area (Å²) >= 11 is 0. The number of unbranched alkanes of at least 4 members (excludes halogenated alkanes) is 1. The van der Waals surface area contributed by atoms with Crippen LogP contribution in [0.3, 0.4) is 0 Å². The lowest BCUT2D eigenvalue weighted by atomic mass is 9.81. The third-order valence-electron chi connectivity index (χ3n) is 5.70. The van der Waals surface area contributed by atoms with Crippen LogP contribution >= 0.6 is 0 Å². The Hall–Kier alpha value is -2.18. The third-order valence-corrected chi connectivity index (χ3v) is 5.70. The highest BCUT2D eigenvalue weighted by atomic mass is 16.2. The van der Waals surface area contributed by atoms with Crippen LogP contribution in [0.15, 0.2) is 18.5 Å². The molecule has 1 aliphatic heterocycles. The van der Waals surface area contributed by atoms with Crippen LogP contribution in [0.2, 0.25) is 0 Å². The van der Waals surface area contributed by atoms with Crippen molar-refractivity contribution in [2.45, 2.75) is 45.4 Å². The van der Waals surface area contributed by atoms with Gasteiger partial charge in [0, 0.05) is 57.0 Å². The molecule has 27 heavy (non-hydrogen) atoms. The van der Waals surface area contributed by atoms with Crippen molar-refractivity contribution >= 4 is 17.8 Å². The van der Waals surface area contributed by atoms with Gasteiger partial charge in [-0.25, -0.2) is 9.97 Å². The van der Waals surface area contributed by atoms with Crippen molar-refractivity contribution in [2.24, 2.45) is 11.8 Å². The third kappa shape index (κ3) is 5.17. The molecule has 1 aromatic rings. The molecule has 0 unspecified atom stereocenters. The Morgan fingerprint density at radius 2 is 1.67 bits per heavy atom. The molecule has 1 N–H and O–H groups in total. The van der Waals surface area contributed by atoms with Crippen LogP contribution in [-0.4, -0.2) is 59.4 Å². The van der Waals surface area contributed by atoms with Crippen molar-refractivity contribution in [3.05, 3.63) is 18.5 Å². The smallest absolute Gasteiger partial charge is 0.225 e. The number of anilines is 1. The Labute approximate surface area is 161 Å². The second-order valence-electron chi connectivity index (χ2n) is 7.55. The van der Waals surface area contributed by atoms with Gasteiger partial charge in [-0.1, -0.05) is 13.3 Å². The summed E-state index contributed by atoms with van der Waals surface area (Å²) in [4.78, 5) is 37.7. The molecule has 2 fully saturated rings. The van der Waals surface area contributed by atoms with Gasteiger partial charge in [0.2, 0.25) is 17.8 Å². The predicted molar refractivity (Wildman–Crippen MR) is 104 cm³/mol. The van der Waals surface area contributed by atoms with Crippen LogP contribution in [0.5, 0.6) is 0 Å². The van der Waals surface area contributed by atoms with Gasteiger partial charge in [0.15, 0.2) is 0 Å². The summed E-state index contributed by atoms with van der Waals surface area (Å²) in [6.07, 6.45) is 8.91. The summed E-state index contributed by atoms with van der Waals surface area (Å²) < 4.78 is 0. The van der Waals surface area contributed by atoms with E-state index in [2.05, 4.69) is 27.1 Å². The van der Waals surface area contributed by atoms with Crippen LogP contribution in [0.25, 0.3) is 0 Å². The number of hydrogen-bond donors (Lipinski definition) is 1. The molecular formula is C20H31N5O2. The summed E-state index contributed by atoms with van der Waals surface area (Å²) in [7, 11) is 0. The average molecular weight is 374 g/mol. The topological polar surface area (TPSA) is 78.4 Å². The molecule has 2 heterocycles. The molecule has 2 aliphatic rings. The molecule has 1 saturated carbocycles. The van der Waals surface area contributed by atoms with Gasteiger partial charge < -0.3 is 15.1 Å². The molecule has 0 radical (unpaired) electrons. The zero-order valence-corrected chi connectivity index (χ0v) is 16.3. The number of amides is 2. The SMILES string of the molecule is CCCCNC(=O)C1CCC(C(=O)N2CCN(c3ncccn3)CC2)CC1. The van der Waals surface area contributed by atoms with Gasteiger partial charge in [-0.3, -0.25) is 9.59 Å². The summed E-state index contributed by atoms with van der Waals surface area (Å²) in [5.41, 5.74) is 0. The van der Waals surface area contributed by atoms with E-state index < -0.39 is 0 Å². The molecule has 1 aliphatic carbocycles. The van der Waals surface area contributed by atoms with E-state index in [-0.39, 0.29) is 23.7 Å². The minimum atomic E-state index is 0.0733. The molecular weight excluding hydrogens is 342 g/mol. The molecule has 3 rings (SSSR count). The molecule has 7 nitrogen and oxygen atoms in total. The first-order valence-corrected chi connectivity index (χ1v) is 10.3. The molecule has 0 aromatic carbocycles. The first kappa shape index (κ1) is 19.6. The first-order valence-electron chi connectivity index (χ1n) is 10.3. The van der Waals surface area contributed by atoms with Crippen LogP contribution in [0, 0.1) is 11.8 Å². The van der Waals surface area contributed by atoms with E-state index >= 15 is 0 Å². The lowest BCUT2D eigenvalue weighted by Gasteiger charge is -2.37. The van der Waals surface area contributed by atoms with Crippen molar-refractivity contribution in [1.82, 2.24) is 20.2 Å². The molecule has 0 spiro atoms. The van der Waals surface area contributed by atoms with Crippen LogP contribution < -0.4 is 10.2 Å². The van der Waals surface area contributed by atoms with Crippen LogP contribution in [0.4, 0.5) is 5.95 Å². The van der Waals surface area contributed by atoms with Gasteiger partial charge in [-0.2, -0.15) is 0 Å². The quantitative estimate of drug-likeness (QED) is 0.770. The minimum Gasteiger partial charge on any atom is -0.356 e. The van der Waals surface area contributed by atoms with E-state index in [0.717, 1.165) is 64.1 Å². The molecule has 1 saturated heterocycles. The van der Waals surface area contributed by atoms with Crippen molar-refractivity contribution in [3.63, 3.8) is 0 Å². The van der Waals surface area contributed by atoms with E-state index in [1.54, 1.807) is 12.4 Å². The van der Waals surface area contributed by atoms with Gasteiger partial charge in [0.1, 0.15) is 0 Å². The van der Waals surface area contributed by atoms with Crippen LogP contribution in [-0.2, 0) is 9.59 Å². The maximum Gasteiger partial charge on any atom is 0.225 e. The second kappa shape index (κ2) is 9.67. The summed E-state index contributed by atoms with van der Waals surface area (Å²) in [5, 5.41) is 3.03. The highest BCUT2D eigenvalue weighted by Gasteiger charge is 2.33. The van der Waals surface area contributed by atoms with E-state index in [1.165, 1.54) is 0 Å². The van der Waals surface area contributed by atoms with E-state index in [9.17, 15) is 9.59 Å². The summed E-state index contributed by atoms with van der Waals surface area (Å²) in [6, 6.07) is 1.81. The number of nitrogens with zero attached hydrogens (tertiary/aromatic N) is 4.